The Labute approximate surface area is 108 Å². The van der Waals surface area contributed by atoms with Gasteiger partial charge in [0.25, 0.3) is 0 Å². The minimum atomic E-state index is -0.841. The molecule has 0 bridgehead atoms. The second kappa shape index (κ2) is 5.89. The fraction of sp³-hybridized carbons (Fsp3) is 0.692. The third kappa shape index (κ3) is 8.61. The van der Waals surface area contributed by atoms with Crippen molar-refractivity contribution in [1.82, 2.24) is 0 Å². The Morgan fingerprint density at radius 1 is 0.944 bits per heavy atom. The van der Waals surface area contributed by atoms with Gasteiger partial charge in [0.15, 0.2) is 0 Å². The molecule has 0 heterocycles. The number of rotatable bonds is 3. The summed E-state index contributed by atoms with van der Waals surface area (Å²) in [6.45, 7) is 13.6. The molecule has 18 heavy (non-hydrogen) atoms. The van der Waals surface area contributed by atoms with E-state index in [2.05, 4.69) is 6.58 Å². The van der Waals surface area contributed by atoms with Gasteiger partial charge in [0.1, 0.15) is 17.8 Å². The maximum absolute atomic E-state index is 11.5. The molecule has 0 aliphatic heterocycles. The van der Waals surface area contributed by atoms with Crippen LogP contribution in [0.5, 0.6) is 0 Å². The first-order valence-electron chi connectivity index (χ1n) is 5.67. The maximum Gasteiger partial charge on any atom is 0.509 e. The van der Waals surface area contributed by atoms with Crippen molar-refractivity contribution >= 4 is 12.1 Å². The number of ether oxygens (including phenoxy) is 3. The second-order valence-electron chi connectivity index (χ2n) is 5.86. The first-order valence-corrected chi connectivity index (χ1v) is 5.67. The molecule has 0 aliphatic rings. The SMILES string of the molecule is C=C(COC(=O)OC(C)(C)C)C(=O)OC(C)(C)C. The monoisotopic (exact) mass is 258 g/mol. The van der Waals surface area contributed by atoms with Crippen LogP contribution in [0.25, 0.3) is 0 Å². The van der Waals surface area contributed by atoms with E-state index in [0.717, 1.165) is 0 Å². The molecule has 0 aromatic rings. The normalized spacial score (nSPS) is 11.7. The Morgan fingerprint density at radius 3 is 1.78 bits per heavy atom. The van der Waals surface area contributed by atoms with E-state index in [1.54, 1.807) is 41.5 Å². The van der Waals surface area contributed by atoms with Gasteiger partial charge >= 0.3 is 12.1 Å². The van der Waals surface area contributed by atoms with Crippen LogP contribution in [-0.2, 0) is 19.0 Å². The Balaban J connectivity index is 4.12. The Bertz CT molecular complexity index is 330. The van der Waals surface area contributed by atoms with Crippen LogP contribution in [0.15, 0.2) is 12.2 Å². The van der Waals surface area contributed by atoms with Gasteiger partial charge in [-0.3, -0.25) is 0 Å². The minimum Gasteiger partial charge on any atom is -0.457 e. The summed E-state index contributed by atoms with van der Waals surface area (Å²) in [5, 5.41) is 0. The van der Waals surface area contributed by atoms with E-state index in [0.29, 0.717) is 0 Å². The number of hydrogen-bond acceptors (Lipinski definition) is 5. The number of carbonyl (C=O) groups is 2. The predicted octanol–water partition coefficient (Wildman–Crippen LogP) is 2.84. The van der Waals surface area contributed by atoms with Gasteiger partial charge in [0.05, 0.1) is 5.57 Å². The summed E-state index contributed by atoms with van der Waals surface area (Å²) >= 11 is 0. The highest BCUT2D eigenvalue weighted by Crippen LogP contribution is 2.11. The molecule has 0 rings (SSSR count). The van der Waals surface area contributed by atoms with Gasteiger partial charge in [0, 0.05) is 0 Å². The number of hydrogen-bond donors (Lipinski definition) is 0. The van der Waals surface area contributed by atoms with Crippen molar-refractivity contribution in [2.45, 2.75) is 52.7 Å². The summed E-state index contributed by atoms with van der Waals surface area (Å²) in [5.74, 6) is -0.592. The molecule has 0 fully saturated rings. The Kier molecular flexibility index (Phi) is 5.39. The Hall–Kier alpha value is -1.52. The molecule has 104 valence electrons. The van der Waals surface area contributed by atoms with Crippen LogP contribution in [-0.4, -0.2) is 29.9 Å². The summed E-state index contributed by atoms with van der Waals surface area (Å²) in [6, 6.07) is 0. The Morgan fingerprint density at radius 2 is 1.39 bits per heavy atom. The average molecular weight is 258 g/mol. The molecule has 0 radical (unpaired) electrons. The minimum absolute atomic E-state index is 0.0655. The standard InChI is InChI=1S/C13H22O5/c1-9(10(14)17-12(2,3)4)8-16-11(15)18-13(5,6)7/h1,8H2,2-7H3. The summed E-state index contributed by atoms with van der Waals surface area (Å²) in [4.78, 5) is 22.7. The van der Waals surface area contributed by atoms with E-state index in [1.165, 1.54) is 0 Å². The highest BCUT2D eigenvalue weighted by molar-refractivity contribution is 5.88. The van der Waals surface area contributed by atoms with Crippen LogP contribution in [0.2, 0.25) is 0 Å². The smallest absolute Gasteiger partial charge is 0.457 e. The second-order valence-corrected chi connectivity index (χ2v) is 5.86. The van der Waals surface area contributed by atoms with Crippen molar-refractivity contribution in [3.8, 4) is 0 Å². The molecule has 0 aromatic carbocycles. The third-order valence-electron chi connectivity index (χ3n) is 1.44. The highest BCUT2D eigenvalue weighted by atomic mass is 16.7. The number of esters is 1. The third-order valence-corrected chi connectivity index (χ3v) is 1.44. The lowest BCUT2D eigenvalue weighted by Gasteiger charge is -2.21. The van der Waals surface area contributed by atoms with E-state index < -0.39 is 23.3 Å². The van der Waals surface area contributed by atoms with Gasteiger partial charge in [-0.05, 0) is 41.5 Å². The molecule has 5 nitrogen and oxygen atoms in total. The van der Waals surface area contributed by atoms with Gasteiger partial charge < -0.3 is 14.2 Å². The largest absolute Gasteiger partial charge is 0.509 e. The first-order chi connectivity index (χ1) is 7.91. The summed E-state index contributed by atoms with van der Waals surface area (Å²) in [5.41, 5.74) is -1.17. The van der Waals surface area contributed by atoms with Crippen molar-refractivity contribution in [3.05, 3.63) is 12.2 Å². The van der Waals surface area contributed by atoms with Crippen LogP contribution in [0.3, 0.4) is 0 Å². The van der Waals surface area contributed by atoms with Crippen molar-refractivity contribution < 1.29 is 23.8 Å². The zero-order chi connectivity index (χ0) is 14.6. The topological polar surface area (TPSA) is 61.8 Å². The molecule has 0 atom stereocenters. The van der Waals surface area contributed by atoms with Crippen molar-refractivity contribution in [3.63, 3.8) is 0 Å². The van der Waals surface area contributed by atoms with E-state index in [-0.39, 0.29) is 12.2 Å². The lowest BCUT2D eigenvalue weighted by atomic mass is 10.2. The zero-order valence-corrected chi connectivity index (χ0v) is 12.0. The van der Waals surface area contributed by atoms with Crippen LogP contribution in [0, 0.1) is 0 Å². The lowest BCUT2D eigenvalue weighted by molar-refractivity contribution is -0.150. The highest BCUT2D eigenvalue weighted by Gasteiger charge is 2.21. The molecule has 0 aromatic heterocycles. The average Bonchev–Trinajstić information content (AvgIpc) is 2.08. The van der Waals surface area contributed by atoms with Gasteiger partial charge in [-0.2, -0.15) is 0 Å². The van der Waals surface area contributed by atoms with Gasteiger partial charge in [-0.1, -0.05) is 6.58 Å². The summed E-state index contributed by atoms with van der Waals surface area (Å²) in [6.07, 6.45) is -0.841. The molecule has 0 aliphatic carbocycles. The summed E-state index contributed by atoms with van der Waals surface area (Å²) in [7, 11) is 0. The van der Waals surface area contributed by atoms with Crippen molar-refractivity contribution in [2.75, 3.05) is 6.61 Å². The van der Waals surface area contributed by atoms with Crippen molar-refractivity contribution in [2.24, 2.45) is 0 Å². The lowest BCUT2D eigenvalue weighted by Crippen LogP contribution is -2.28. The summed E-state index contributed by atoms with van der Waals surface area (Å²) < 4.78 is 14.7. The molecule has 0 saturated heterocycles. The first kappa shape index (κ1) is 16.5. The molecule has 0 N–H and O–H groups in total. The number of carbonyl (C=O) groups excluding carboxylic acids is 2. The predicted molar refractivity (Wildman–Crippen MR) is 67.2 cm³/mol. The maximum atomic E-state index is 11.5. The van der Waals surface area contributed by atoms with E-state index in [9.17, 15) is 9.59 Å². The van der Waals surface area contributed by atoms with Crippen LogP contribution >= 0.6 is 0 Å². The molecule has 5 heteroatoms. The van der Waals surface area contributed by atoms with Crippen molar-refractivity contribution in [1.29, 1.82) is 0 Å². The molecular weight excluding hydrogens is 236 g/mol. The molecule has 0 unspecified atom stereocenters. The van der Waals surface area contributed by atoms with E-state index in [4.69, 9.17) is 14.2 Å². The molecule has 0 amide bonds. The van der Waals surface area contributed by atoms with Crippen LogP contribution in [0.4, 0.5) is 4.79 Å². The van der Waals surface area contributed by atoms with E-state index >= 15 is 0 Å². The van der Waals surface area contributed by atoms with E-state index in [1.807, 2.05) is 0 Å². The molecule has 0 saturated carbocycles. The zero-order valence-electron chi connectivity index (χ0n) is 12.0. The fourth-order valence-electron chi connectivity index (χ4n) is 0.835. The van der Waals surface area contributed by atoms with Gasteiger partial charge in [-0.25, -0.2) is 9.59 Å². The van der Waals surface area contributed by atoms with Crippen LogP contribution < -0.4 is 0 Å². The quantitative estimate of drug-likeness (QED) is 0.575. The molecule has 0 spiro atoms. The molecular formula is C13H22O5. The van der Waals surface area contributed by atoms with Gasteiger partial charge in [-0.15, -0.1) is 0 Å². The van der Waals surface area contributed by atoms with Gasteiger partial charge in [0.2, 0.25) is 0 Å². The fourth-order valence-corrected chi connectivity index (χ4v) is 0.835. The van der Waals surface area contributed by atoms with Crippen LogP contribution in [0.1, 0.15) is 41.5 Å².